The van der Waals surface area contributed by atoms with E-state index in [2.05, 4.69) is 26.1 Å². The Morgan fingerprint density at radius 2 is 1.90 bits per heavy atom. The molecule has 1 aromatic carbocycles. The molecular formula is C18H27NO2. The Labute approximate surface area is 127 Å². The van der Waals surface area contributed by atoms with Gasteiger partial charge in [0.05, 0.1) is 5.69 Å². The van der Waals surface area contributed by atoms with Crippen molar-refractivity contribution < 1.29 is 9.90 Å². The van der Waals surface area contributed by atoms with Crippen LogP contribution in [-0.2, 0) is 10.2 Å². The molecule has 0 aromatic heterocycles. The van der Waals surface area contributed by atoms with Crippen LogP contribution in [0.5, 0.6) is 5.75 Å². The third kappa shape index (κ3) is 4.23. The Hall–Kier alpha value is -1.51. The van der Waals surface area contributed by atoms with Gasteiger partial charge in [0.1, 0.15) is 5.75 Å². The summed E-state index contributed by atoms with van der Waals surface area (Å²) >= 11 is 0. The van der Waals surface area contributed by atoms with Gasteiger partial charge in [-0.1, -0.05) is 52.2 Å². The molecule has 1 aliphatic carbocycles. The quantitative estimate of drug-likeness (QED) is 0.799. The molecule has 0 saturated heterocycles. The molecule has 0 bridgehead atoms. The summed E-state index contributed by atoms with van der Waals surface area (Å²) in [7, 11) is 0. The van der Waals surface area contributed by atoms with Crippen LogP contribution < -0.4 is 5.32 Å². The number of hydrogen-bond donors (Lipinski definition) is 2. The largest absolute Gasteiger partial charge is 0.505 e. The Morgan fingerprint density at radius 1 is 1.24 bits per heavy atom. The lowest BCUT2D eigenvalue weighted by atomic mass is 9.85. The topological polar surface area (TPSA) is 49.3 Å². The van der Waals surface area contributed by atoms with Crippen LogP contribution >= 0.6 is 0 Å². The normalized spacial score (nSPS) is 16.7. The summed E-state index contributed by atoms with van der Waals surface area (Å²) in [6.07, 6.45) is 6.65. The molecule has 3 heteroatoms. The molecular weight excluding hydrogens is 262 g/mol. The number of nitrogens with one attached hydrogen (secondary N) is 1. The van der Waals surface area contributed by atoms with Gasteiger partial charge in [0, 0.05) is 12.0 Å². The fraction of sp³-hybridized carbons (Fsp3) is 0.611. The SMILES string of the molecule is CC(C)(C)c1cccc(NC(=O)CC2CCCCC2)c1O. The van der Waals surface area contributed by atoms with Gasteiger partial charge < -0.3 is 10.4 Å². The summed E-state index contributed by atoms with van der Waals surface area (Å²) in [5, 5.41) is 13.2. The molecule has 2 N–H and O–H groups in total. The van der Waals surface area contributed by atoms with Gasteiger partial charge in [-0.25, -0.2) is 0 Å². The third-order valence-electron chi connectivity index (χ3n) is 4.32. The summed E-state index contributed by atoms with van der Waals surface area (Å²) in [4.78, 5) is 12.2. The number of anilines is 1. The highest BCUT2D eigenvalue weighted by molar-refractivity contribution is 5.92. The van der Waals surface area contributed by atoms with E-state index in [0.717, 1.165) is 18.4 Å². The maximum Gasteiger partial charge on any atom is 0.224 e. The van der Waals surface area contributed by atoms with E-state index in [1.807, 2.05) is 12.1 Å². The van der Waals surface area contributed by atoms with E-state index in [9.17, 15) is 9.90 Å². The molecule has 21 heavy (non-hydrogen) atoms. The highest BCUT2D eigenvalue weighted by Crippen LogP contribution is 2.36. The first kappa shape index (κ1) is 15.9. The molecule has 0 heterocycles. The third-order valence-corrected chi connectivity index (χ3v) is 4.32. The van der Waals surface area contributed by atoms with E-state index in [1.54, 1.807) is 6.07 Å². The summed E-state index contributed by atoms with van der Waals surface area (Å²) < 4.78 is 0. The molecule has 0 spiro atoms. The minimum atomic E-state index is -0.145. The average Bonchev–Trinajstić information content (AvgIpc) is 2.41. The number of aromatic hydroxyl groups is 1. The van der Waals surface area contributed by atoms with Gasteiger partial charge in [0.25, 0.3) is 0 Å². The maximum absolute atomic E-state index is 12.2. The standard InChI is InChI=1S/C18H27NO2/c1-18(2,3)14-10-7-11-15(17(14)21)19-16(20)12-13-8-5-4-6-9-13/h7,10-11,13,21H,4-6,8-9,12H2,1-3H3,(H,19,20). The molecule has 0 radical (unpaired) electrons. The van der Waals surface area contributed by atoms with Crippen molar-refractivity contribution in [3.05, 3.63) is 23.8 Å². The van der Waals surface area contributed by atoms with Crippen LogP contribution in [0.15, 0.2) is 18.2 Å². The zero-order valence-corrected chi connectivity index (χ0v) is 13.4. The molecule has 1 saturated carbocycles. The fourth-order valence-electron chi connectivity index (χ4n) is 3.10. The molecule has 0 unspecified atom stereocenters. The first-order valence-electron chi connectivity index (χ1n) is 8.00. The van der Waals surface area contributed by atoms with E-state index in [1.165, 1.54) is 19.3 Å². The highest BCUT2D eigenvalue weighted by Gasteiger charge is 2.21. The zero-order chi connectivity index (χ0) is 15.5. The first-order valence-corrected chi connectivity index (χ1v) is 8.00. The van der Waals surface area contributed by atoms with Gasteiger partial charge in [0.2, 0.25) is 5.91 Å². The minimum absolute atomic E-state index is 0.0169. The lowest BCUT2D eigenvalue weighted by molar-refractivity contribution is -0.117. The summed E-state index contributed by atoms with van der Waals surface area (Å²) in [5.41, 5.74) is 1.25. The lowest BCUT2D eigenvalue weighted by Crippen LogP contribution is -2.19. The van der Waals surface area contributed by atoms with Crippen molar-refractivity contribution >= 4 is 11.6 Å². The van der Waals surface area contributed by atoms with Crippen LogP contribution in [0.4, 0.5) is 5.69 Å². The van der Waals surface area contributed by atoms with E-state index in [0.29, 0.717) is 18.0 Å². The van der Waals surface area contributed by atoms with Gasteiger partial charge in [-0.3, -0.25) is 4.79 Å². The number of rotatable bonds is 3. The predicted octanol–water partition coefficient (Wildman–Crippen LogP) is 4.60. The highest BCUT2D eigenvalue weighted by atomic mass is 16.3. The molecule has 3 nitrogen and oxygen atoms in total. The van der Waals surface area contributed by atoms with Crippen LogP contribution in [0.1, 0.15) is 64.9 Å². The van der Waals surface area contributed by atoms with Gasteiger partial charge in [0.15, 0.2) is 0 Å². The van der Waals surface area contributed by atoms with Crippen LogP contribution in [-0.4, -0.2) is 11.0 Å². The Balaban J connectivity index is 2.03. The van der Waals surface area contributed by atoms with Crippen LogP contribution in [0.2, 0.25) is 0 Å². The summed E-state index contributed by atoms with van der Waals surface area (Å²) in [6, 6.07) is 5.56. The monoisotopic (exact) mass is 289 g/mol. The van der Waals surface area contributed by atoms with E-state index < -0.39 is 0 Å². The molecule has 0 atom stereocenters. The Kier molecular flexibility index (Phi) is 4.92. The lowest BCUT2D eigenvalue weighted by Gasteiger charge is -2.23. The molecule has 1 fully saturated rings. The van der Waals surface area contributed by atoms with Crippen molar-refractivity contribution in [1.82, 2.24) is 0 Å². The van der Waals surface area contributed by atoms with Crippen molar-refractivity contribution in [3.63, 3.8) is 0 Å². The van der Waals surface area contributed by atoms with Gasteiger partial charge in [-0.05, 0) is 30.2 Å². The zero-order valence-electron chi connectivity index (χ0n) is 13.4. The Bertz CT molecular complexity index is 496. The number of amides is 1. The molecule has 1 amide bonds. The molecule has 1 aliphatic rings. The maximum atomic E-state index is 12.2. The van der Waals surface area contributed by atoms with Crippen molar-refractivity contribution in [2.24, 2.45) is 5.92 Å². The van der Waals surface area contributed by atoms with Crippen molar-refractivity contribution in [2.45, 2.75) is 64.7 Å². The van der Waals surface area contributed by atoms with Crippen molar-refractivity contribution in [1.29, 1.82) is 0 Å². The van der Waals surface area contributed by atoms with E-state index in [4.69, 9.17) is 0 Å². The van der Waals surface area contributed by atoms with E-state index >= 15 is 0 Å². The van der Waals surface area contributed by atoms with Gasteiger partial charge in [-0.2, -0.15) is 0 Å². The second kappa shape index (κ2) is 6.50. The Morgan fingerprint density at radius 3 is 2.52 bits per heavy atom. The summed E-state index contributed by atoms with van der Waals surface area (Å²) in [6.45, 7) is 6.15. The molecule has 116 valence electrons. The first-order chi connectivity index (χ1) is 9.88. The number of para-hydroxylation sites is 1. The predicted molar refractivity (Wildman–Crippen MR) is 86.6 cm³/mol. The van der Waals surface area contributed by atoms with Crippen LogP contribution in [0, 0.1) is 5.92 Å². The number of carbonyl (C=O) groups excluding carboxylic acids is 1. The number of phenols is 1. The minimum Gasteiger partial charge on any atom is -0.505 e. The second-order valence-electron chi connectivity index (χ2n) is 7.21. The summed E-state index contributed by atoms with van der Waals surface area (Å²) in [5.74, 6) is 0.719. The second-order valence-corrected chi connectivity index (χ2v) is 7.21. The van der Waals surface area contributed by atoms with Crippen molar-refractivity contribution in [2.75, 3.05) is 5.32 Å². The molecule has 2 rings (SSSR count). The number of phenolic OH excluding ortho intramolecular Hbond substituents is 1. The van der Waals surface area contributed by atoms with E-state index in [-0.39, 0.29) is 17.1 Å². The van der Waals surface area contributed by atoms with Crippen LogP contribution in [0.25, 0.3) is 0 Å². The van der Waals surface area contributed by atoms with Crippen LogP contribution in [0.3, 0.4) is 0 Å². The number of benzene rings is 1. The molecule has 0 aliphatic heterocycles. The number of carbonyl (C=O) groups is 1. The van der Waals surface area contributed by atoms with Crippen molar-refractivity contribution in [3.8, 4) is 5.75 Å². The van der Waals surface area contributed by atoms with Gasteiger partial charge in [-0.15, -0.1) is 0 Å². The number of hydrogen-bond acceptors (Lipinski definition) is 2. The molecule has 1 aromatic rings. The fourth-order valence-corrected chi connectivity index (χ4v) is 3.10. The smallest absolute Gasteiger partial charge is 0.224 e. The average molecular weight is 289 g/mol. The van der Waals surface area contributed by atoms with Gasteiger partial charge >= 0.3 is 0 Å².